The van der Waals surface area contributed by atoms with Crippen molar-refractivity contribution in [2.75, 3.05) is 26.7 Å². The van der Waals surface area contributed by atoms with E-state index in [0.717, 1.165) is 34.4 Å². The molecule has 2 aromatic carbocycles. The molecule has 0 N–H and O–H groups in total. The number of rotatable bonds is 11. The summed E-state index contributed by atoms with van der Waals surface area (Å²) in [6.07, 6.45) is 0.929. The first-order valence-electron chi connectivity index (χ1n) is 15.8. The van der Waals surface area contributed by atoms with Gasteiger partial charge < -0.3 is 23.2 Å². The minimum atomic E-state index is -1.82. The average molecular weight is 647 g/mol. The van der Waals surface area contributed by atoms with Gasteiger partial charge in [-0.15, -0.1) is 0 Å². The van der Waals surface area contributed by atoms with Crippen LogP contribution in [0.2, 0.25) is 18.1 Å². The number of carbonyl (C=O) groups is 2. The molecule has 1 fully saturated rings. The van der Waals surface area contributed by atoms with Crippen molar-refractivity contribution >= 4 is 32.8 Å². The number of ether oxygens (including phenoxy) is 2. The van der Waals surface area contributed by atoms with Crippen LogP contribution in [0.4, 0.5) is 0 Å². The monoisotopic (exact) mass is 646 g/mol. The highest BCUT2D eigenvalue weighted by atomic mass is 28.4. The van der Waals surface area contributed by atoms with Gasteiger partial charge in [-0.25, -0.2) is 4.98 Å². The van der Waals surface area contributed by atoms with Gasteiger partial charge in [-0.05, 0) is 80.8 Å². The number of benzene rings is 2. The lowest BCUT2D eigenvalue weighted by atomic mass is 9.78. The zero-order valence-corrected chi connectivity index (χ0v) is 29.6. The molecular formula is C35H47BN2O7Si. The Labute approximate surface area is 274 Å². The van der Waals surface area contributed by atoms with Gasteiger partial charge >= 0.3 is 19.1 Å². The number of likely N-dealkylation sites (N-methyl/N-ethyl adjacent to an activating group) is 1. The molecule has 3 aromatic rings. The number of hydrogen-bond donors (Lipinski definition) is 0. The van der Waals surface area contributed by atoms with Gasteiger partial charge in [0.1, 0.15) is 12.4 Å². The predicted molar refractivity (Wildman–Crippen MR) is 183 cm³/mol. The normalized spacial score (nSPS) is 15.5. The van der Waals surface area contributed by atoms with E-state index in [-0.39, 0.29) is 24.2 Å². The van der Waals surface area contributed by atoms with E-state index in [4.69, 9.17) is 28.2 Å². The van der Waals surface area contributed by atoms with E-state index >= 15 is 0 Å². The Kier molecular flexibility index (Phi) is 11.3. The lowest BCUT2D eigenvalue weighted by Crippen LogP contribution is -2.47. The molecule has 1 aromatic heterocycles. The molecule has 0 radical (unpaired) electrons. The Hall–Kier alpha value is -3.67. The summed E-state index contributed by atoms with van der Waals surface area (Å²) in [5.74, 6) is 0.332. The Balaban J connectivity index is 1.35. The minimum absolute atomic E-state index is 0.0195. The Morgan fingerprint density at radius 3 is 2.20 bits per heavy atom. The van der Waals surface area contributed by atoms with Gasteiger partial charge in [0.05, 0.1) is 19.7 Å². The van der Waals surface area contributed by atoms with E-state index in [9.17, 15) is 9.59 Å². The van der Waals surface area contributed by atoms with Crippen molar-refractivity contribution in [1.82, 2.24) is 9.88 Å². The van der Waals surface area contributed by atoms with Gasteiger partial charge in [-0.3, -0.25) is 14.5 Å². The SMILES string of the molecule is Cc1nc(OCC[C@H](C)O[Si](C)(C)C(C)(C)C)ccc1-c1cccc(COc2ccc(B3OC(=O)CN(C)CC(=O)O3)cc2)c1C. The molecule has 0 amide bonds. The third-order valence-corrected chi connectivity index (χ3v) is 13.3. The van der Waals surface area contributed by atoms with Crippen LogP contribution >= 0.6 is 0 Å². The summed E-state index contributed by atoms with van der Waals surface area (Å²) < 4.78 is 29.3. The third kappa shape index (κ3) is 9.20. The van der Waals surface area contributed by atoms with Crippen LogP contribution in [0.25, 0.3) is 11.1 Å². The molecule has 9 nitrogen and oxygen atoms in total. The first-order valence-corrected chi connectivity index (χ1v) is 18.7. The van der Waals surface area contributed by atoms with Crippen molar-refractivity contribution < 1.29 is 32.8 Å². The van der Waals surface area contributed by atoms with Gasteiger partial charge in [0, 0.05) is 35.3 Å². The molecule has 0 saturated carbocycles. The second kappa shape index (κ2) is 14.8. The van der Waals surface area contributed by atoms with Crippen LogP contribution in [0, 0.1) is 13.8 Å². The number of nitrogens with zero attached hydrogens (tertiary/aromatic N) is 2. The van der Waals surface area contributed by atoms with Gasteiger partial charge in [0.25, 0.3) is 0 Å². The number of hydrogen-bond acceptors (Lipinski definition) is 9. The van der Waals surface area contributed by atoms with Crippen LogP contribution in [0.3, 0.4) is 0 Å². The van der Waals surface area contributed by atoms with Gasteiger partial charge in [-0.2, -0.15) is 0 Å². The van der Waals surface area contributed by atoms with Crippen molar-refractivity contribution in [2.45, 2.75) is 78.8 Å². The molecule has 46 heavy (non-hydrogen) atoms. The highest BCUT2D eigenvalue weighted by Gasteiger charge is 2.38. The Morgan fingerprint density at radius 1 is 0.935 bits per heavy atom. The number of aryl methyl sites for hydroxylation is 1. The maximum absolute atomic E-state index is 12.1. The Morgan fingerprint density at radius 2 is 1.59 bits per heavy atom. The molecule has 246 valence electrons. The molecular weight excluding hydrogens is 599 g/mol. The molecule has 1 saturated heterocycles. The molecule has 11 heteroatoms. The third-order valence-electron chi connectivity index (χ3n) is 8.69. The van der Waals surface area contributed by atoms with Crippen molar-refractivity contribution in [2.24, 2.45) is 0 Å². The molecule has 0 aliphatic carbocycles. The first kappa shape index (κ1) is 35.2. The second-order valence-electron chi connectivity index (χ2n) is 13.5. The fourth-order valence-electron chi connectivity index (χ4n) is 4.96. The smallest absolute Gasteiger partial charge is 0.494 e. The van der Waals surface area contributed by atoms with Crippen molar-refractivity contribution in [3.63, 3.8) is 0 Å². The molecule has 4 rings (SSSR count). The van der Waals surface area contributed by atoms with E-state index in [1.807, 2.05) is 25.1 Å². The second-order valence-corrected chi connectivity index (χ2v) is 18.3. The standard InChI is InChI=1S/C35H47BN2O7Si/c1-24(45-46(8,9)35(4,5)6)19-20-41-32-18-17-31(26(3)37-32)30-12-10-11-27(25(30)2)23-42-29-15-13-28(14-16-29)36-43-33(39)21-38(7)22-34(40)44-36/h10-18,24H,19-23H2,1-9H3/t24-/m0/s1. The molecule has 0 bridgehead atoms. The summed E-state index contributed by atoms with van der Waals surface area (Å²) in [6.45, 7) is 18.4. The highest BCUT2D eigenvalue weighted by Crippen LogP contribution is 2.37. The fourth-order valence-corrected chi connectivity index (χ4v) is 6.43. The molecule has 1 aliphatic rings. The summed E-state index contributed by atoms with van der Waals surface area (Å²) in [4.78, 5) is 30.5. The van der Waals surface area contributed by atoms with Crippen LogP contribution in [-0.2, 0) is 29.9 Å². The largest absolute Gasteiger partial charge is 0.636 e. The molecule has 0 unspecified atom stereocenters. The van der Waals surface area contributed by atoms with E-state index in [1.54, 1.807) is 36.2 Å². The lowest BCUT2D eigenvalue weighted by molar-refractivity contribution is -0.145. The zero-order chi connectivity index (χ0) is 33.6. The summed E-state index contributed by atoms with van der Waals surface area (Å²) in [6, 6.07) is 17.2. The van der Waals surface area contributed by atoms with Gasteiger partial charge in [0.2, 0.25) is 5.88 Å². The van der Waals surface area contributed by atoms with Crippen LogP contribution in [0.1, 0.15) is 50.9 Å². The van der Waals surface area contributed by atoms with Crippen molar-refractivity contribution in [1.29, 1.82) is 0 Å². The summed E-state index contributed by atoms with van der Waals surface area (Å²) in [7, 11) is -1.24. The summed E-state index contributed by atoms with van der Waals surface area (Å²) in [5, 5.41) is 0.175. The van der Waals surface area contributed by atoms with Crippen molar-refractivity contribution in [3.05, 3.63) is 71.4 Å². The van der Waals surface area contributed by atoms with Crippen LogP contribution < -0.4 is 14.9 Å². The van der Waals surface area contributed by atoms with Crippen molar-refractivity contribution in [3.8, 4) is 22.8 Å². The molecule has 2 heterocycles. The van der Waals surface area contributed by atoms with E-state index < -0.39 is 27.4 Å². The number of carbonyl (C=O) groups excluding carboxylic acids is 2. The number of pyridine rings is 1. The maximum Gasteiger partial charge on any atom is 0.636 e. The molecule has 1 atom stereocenters. The zero-order valence-electron chi connectivity index (χ0n) is 28.6. The van der Waals surface area contributed by atoms with Gasteiger partial charge in [-0.1, -0.05) is 51.1 Å². The van der Waals surface area contributed by atoms with Crippen LogP contribution in [-0.4, -0.2) is 70.1 Å². The Bertz CT molecular complexity index is 1500. The summed E-state index contributed by atoms with van der Waals surface area (Å²) in [5.41, 5.74) is 5.73. The molecule has 1 aliphatic heterocycles. The van der Waals surface area contributed by atoms with E-state index in [2.05, 4.69) is 59.8 Å². The minimum Gasteiger partial charge on any atom is -0.494 e. The first-order chi connectivity index (χ1) is 21.6. The topological polar surface area (TPSA) is 96.4 Å². The summed E-state index contributed by atoms with van der Waals surface area (Å²) >= 11 is 0. The van der Waals surface area contributed by atoms with Crippen LogP contribution in [0.15, 0.2) is 54.6 Å². The quantitative estimate of drug-likeness (QED) is 0.238. The van der Waals surface area contributed by atoms with Crippen LogP contribution in [0.5, 0.6) is 11.6 Å². The lowest BCUT2D eigenvalue weighted by Gasteiger charge is -2.38. The fraction of sp³-hybridized carbons (Fsp3) is 0.457. The highest BCUT2D eigenvalue weighted by molar-refractivity contribution is 6.74. The maximum atomic E-state index is 12.1. The predicted octanol–water partition coefficient (Wildman–Crippen LogP) is 5.85. The van der Waals surface area contributed by atoms with E-state index in [1.165, 1.54) is 0 Å². The van der Waals surface area contributed by atoms with Gasteiger partial charge in [0.15, 0.2) is 8.32 Å². The average Bonchev–Trinajstić information content (AvgIpc) is 2.95. The number of aromatic nitrogens is 1. The molecule has 0 spiro atoms. The van der Waals surface area contributed by atoms with E-state index in [0.29, 0.717) is 30.3 Å².